The van der Waals surface area contributed by atoms with Crippen LogP contribution in [0.3, 0.4) is 0 Å². The summed E-state index contributed by atoms with van der Waals surface area (Å²) in [5.74, 6) is 2.16. The summed E-state index contributed by atoms with van der Waals surface area (Å²) in [4.78, 5) is 12.4. The van der Waals surface area contributed by atoms with Crippen LogP contribution in [-0.4, -0.2) is 31.6 Å². The molecule has 0 saturated heterocycles. The van der Waals surface area contributed by atoms with E-state index in [1.54, 1.807) is 11.3 Å². The zero-order valence-electron chi connectivity index (χ0n) is 13.8. The molecule has 0 fully saturated rings. The molecule has 1 aliphatic rings. The summed E-state index contributed by atoms with van der Waals surface area (Å²) in [6.07, 6.45) is 3.79. The zero-order chi connectivity index (χ0) is 16.5. The maximum Gasteiger partial charge on any atom is 0.257 e. The first kappa shape index (κ1) is 15.4. The summed E-state index contributed by atoms with van der Waals surface area (Å²) in [7, 11) is 0. The minimum atomic E-state index is 0.0689. The van der Waals surface area contributed by atoms with Crippen molar-refractivity contribution in [3.8, 4) is 10.8 Å². The fraction of sp³-hybridized carbons (Fsp3) is 0.412. The predicted molar refractivity (Wildman–Crippen MR) is 91.6 cm³/mol. The second-order valence-electron chi connectivity index (χ2n) is 5.93. The number of aryl methyl sites for hydroxylation is 1. The fourth-order valence-corrected chi connectivity index (χ4v) is 3.57. The number of hydrogen-bond acceptors (Lipinski definition) is 7. The first-order valence-electron chi connectivity index (χ1n) is 8.19. The maximum absolute atomic E-state index is 5.89. The van der Waals surface area contributed by atoms with Gasteiger partial charge in [-0.3, -0.25) is 4.90 Å². The van der Waals surface area contributed by atoms with Crippen LogP contribution >= 0.6 is 11.3 Å². The molecule has 0 N–H and O–H groups in total. The van der Waals surface area contributed by atoms with Crippen molar-refractivity contribution in [2.24, 2.45) is 0 Å². The third-order valence-corrected chi connectivity index (χ3v) is 5.28. The topological polar surface area (TPSA) is 67.9 Å². The standard InChI is InChI=1S/C17H19N5OS/c1-3-15-18-9-12-6-7-22(10-13(12)19-15)11(2)16-20-21-17(23-16)14-5-4-8-24-14/h4-5,8-9,11H,3,6-7,10H2,1-2H3/t11-/m1/s1. The molecule has 124 valence electrons. The molecule has 3 aromatic heterocycles. The Kier molecular flexibility index (Phi) is 4.12. The van der Waals surface area contributed by atoms with Gasteiger partial charge in [-0.2, -0.15) is 0 Å². The highest BCUT2D eigenvalue weighted by atomic mass is 32.1. The van der Waals surface area contributed by atoms with Crippen molar-refractivity contribution in [1.29, 1.82) is 0 Å². The average Bonchev–Trinajstić information content (AvgIpc) is 3.31. The van der Waals surface area contributed by atoms with Crippen molar-refractivity contribution < 1.29 is 4.42 Å². The van der Waals surface area contributed by atoms with Gasteiger partial charge >= 0.3 is 0 Å². The van der Waals surface area contributed by atoms with Gasteiger partial charge in [-0.05, 0) is 30.4 Å². The minimum absolute atomic E-state index is 0.0689. The second-order valence-corrected chi connectivity index (χ2v) is 6.88. The minimum Gasteiger partial charge on any atom is -0.418 e. The molecule has 0 amide bonds. The number of fused-ring (bicyclic) bond motifs is 1. The van der Waals surface area contributed by atoms with E-state index in [4.69, 9.17) is 4.42 Å². The van der Waals surface area contributed by atoms with Gasteiger partial charge in [-0.15, -0.1) is 21.5 Å². The first-order chi connectivity index (χ1) is 11.7. The highest BCUT2D eigenvalue weighted by Gasteiger charge is 2.26. The van der Waals surface area contributed by atoms with Crippen LogP contribution in [0.5, 0.6) is 0 Å². The van der Waals surface area contributed by atoms with Crippen LogP contribution in [0.2, 0.25) is 0 Å². The number of rotatable bonds is 4. The zero-order valence-corrected chi connectivity index (χ0v) is 14.6. The second kappa shape index (κ2) is 6.41. The molecular weight excluding hydrogens is 322 g/mol. The molecule has 0 aromatic carbocycles. The summed E-state index contributed by atoms with van der Waals surface area (Å²) in [6.45, 7) is 5.93. The summed E-state index contributed by atoms with van der Waals surface area (Å²) >= 11 is 1.60. The Bertz CT molecular complexity index is 829. The van der Waals surface area contributed by atoms with Crippen molar-refractivity contribution in [2.45, 2.75) is 39.3 Å². The third kappa shape index (κ3) is 2.85. The molecule has 0 aliphatic carbocycles. The summed E-state index contributed by atoms with van der Waals surface area (Å²) in [5, 5.41) is 10.4. The highest BCUT2D eigenvalue weighted by Crippen LogP contribution is 2.29. The molecule has 24 heavy (non-hydrogen) atoms. The molecule has 0 spiro atoms. The van der Waals surface area contributed by atoms with Crippen LogP contribution in [0.25, 0.3) is 10.8 Å². The van der Waals surface area contributed by atoms with E-state index in [0.29, 0.717) is 11.8 Å². The van der Waals surface area contributed by atoms with Crippen LogP contribution < -0.4 is 0 Å². The van der Waals surface area contributed by atoms with Crippen LogP contribution in [0.15, 0.2) is 28.1 Å². The Hall–Kier alpha value is -2.12. The molecule has 4 heterocycles. The number of aromatic nitrogens is 4. The lowest BCUT2D eigenvalue weighted by atomic mass is 10.1. The van der Waals surface area contributed by atoms with Gasteiger partial charge in [-0.25, -0.2) is 9.97 Å². The van der Waals surface area contributed by atoms with E-state index in [1.807, 2.05) is 23.7 Å². The Morgan fingerprint density at radius 3 is 3.08 bits per heavy atom. The van der Waals surface area contributed by atoms with E-state index >= 15 is 0 Å². The van der Waals surface area contributed by atoms with E-state index in [1.165, 1.54) is 5.56 Å². The molecule has 1 aliphatic heterocycles. The van der Waals surface area contributed by atoms with Crippen molar-refractivity contribution in [3.63, 3.8) is 0 Å². The Morgan fingerprint density at radius 2 is 2.29 bits per heavy atom. The van der Waals surface area contributed by atoms with Gasteiger partial charge in [-0.1, -0.05) is 13.0 Å². The highest BCUT2D eigenvalue weighted by molar-refractivity contribution is 7.13. The largest absolute Gasteiger partial charge is 0.418 e. The van der Waals surface area contributed by atoms with Gasteiger partial charge in [0, 0.05) is 25.7 Å². The van der Waals surface area contributed by atoms with Gasteiger partial charge in [0.1, 0.15) is 5.82 Å². The summed E-state index contributed by atoms with van der Waals surface area (Å²) in [6, 6.07) is 4.05. The number of hydrogen-bond donors (Lipinski definition) is 0. The quantitative estimate of drug-likeness (QED) is 0.725. The molecule has 6 nitrogen and oxygen atoms in total. The maximum atomic E-state index is 5.89. The Morgan fingerprint density at radius 1 is 1.38 bits per heavy atom. The lowest BCUT2D eigenvalue weighted by molar-refractivity contribution is 0.164. The van der Waals surface area contributed by atoms with Gasteiger partial charge in [0.15, 0.2) is 0 Å². The molecule has 4 rings (SSSR count). The van der Waals surface area contributed by atoms with Crippen molar-refractivity contribution in [2.75, 3.05) is 6.54 Å². The van der Waals surface area contributed by atoms with Gasteiger partial charge in [0.2, 0.25) is 5.89 Å². The summed E-state index contributed by atoms with van der Waals surface area (Å²) < 4.78 is 5.89. The SMILES string of the molecule is CCc1ncc2c(n1)CN([C@H](C)c1nnc(-c3cccs3)o1)CC2. The van der Waals surface area contributed by atoms with Crippen LogP contribution in [0, 0.1) is 0 Å². The molecule has 3 aromatic rings. The van der Waals surface area contributed by atoms with Crippen LogP contribution in [0.4, 0.5) is 0 Å². The van der Waals surface area contributed by atoms with Gasteiger partial charge in [0.05, 0.1) is 16.6 Å². The van der Waals surface area contributed by atoms with Crippen molar-refractivity contribution in [3.05, 3.63) is 46.7 Å². The molecule has 0 radical (unpaired) electrons. The lowest BCUT2D eigenvalue weighted by Gasteiger charge is -2.31. The first-order valence-corrected chi connectivity index (χ1v) is 9.07. The predicted octanol–water partition coefficient (Wildman–Crippen LogP) is 3.27. The van der Waals surface area contributed by atoms with Crippen LogP contribution in [-0.2, 0) is 19.4 Å². The summed E-state index contributed by atoms with van der Waals surface area (Å²) in [5.41, 5.74) is 2.37. The smallest absolute Gasteiger partial charge is 0.257 e. The third-order valence-electron chi connectivity index (χ3n) is 4.42. The fourth-order valence-electron chi connectivity index (χ4n) is 2.92. The molecule has 7 heteroatoms. The normalized spacial score (nSPS) is 16.1. The van der Waals surface area contributed by atoms with Crippen molar-refractivity contribution >= 4 is 11.3 Å². The van der Waals surface area contributed by atoms with E-state index in [0.717, 1.165) is 42.3 Å². The molecule has 0 bridgehead atoms. The average molecular weight is 341 g/mol. The van der Waals surface area contributed by atoms with Gasteiger partial charge in [0.25, 0.3) is 5.89 Å². The van der Waals surface area contributed by atoms with E-state index < -0.39 is 0 Å². The van der Waals surface area contributed by atoms with Gasteiger partial charge < -0.3 is 4.42 Å². The van der Waals surface area contributed by atoms with E-state index in [9.17, 15) is 0 Å². The number of nitrogens with zero attached hydrogens (tertiary/aromatic N) is 5. The number of thiophene rings is 1. The Labute approximate surface area is 144 Å². The molecule has 1 atom stereocenters. The lowest BCUT2D eigenvalue weighted by Crippen LogP contribution is -2.34. The van der Waals surface area contributed by atoms with E-state index in [-0.39, 0.29) is 6.04 Å². The van der Waals surface area contributed by atoms with Crippen molar-refractivity contribution in [1.82, 2.24) is 25.1 Å². The molecule has 0 saturated carbocycles. The Balaban J connectivity index is 1.54. The molecular formula is C17H19N5OS. The van der Waals surface area contributed by atoms with E-state index in [2.05, 4.69) is 38.9 Å². The van der Waals surface area contributed by atoms with Crippen LogP contribution in [0.1, 0.15) is 42.9 Å². The monoisotopic (exact) mass is 341 g/mol. The molecule has 0 unspecified atom stereocenters.